The van der Waals surface area contributed by atoms with E-state index >= 15 is 0 Å². The fraction of sp³-hybridized carbons (Fsp3) is 0.316. The Morgan fingerprint density at radius 1 is 1.04 bits per heavy atom. The molecule has 1 aliphatic carbocycles. The minimum Gasteiger partial charge on any atom is -0.350 e. The second-order valence-electron chi connectivity index (χ2n) is 7.01. The minimum absolute atomic E-state index is 0.344. The van der Waals surface area contributed by atoms with Gasteiger partial charge in [0.25, 0.3) is 0 Å². The van der Waals surface area contributed by atoms with Crippen molar-refractivity contribution in [2.24, 2.45) is 5.73 Å². The molecular formula is C19H21N7. The quantitative estimate of drug-likeness (QED) is 0.595. The molecule has 26 heavy (non-hydrogen) atoms. The summed E-state index contributed by atoms with van der Waals surface area (Å²) < 4.78 is 3.90. The molecule has 4 aromatic heterocycles. The van der Waals surface area contributed by atoms with E-state index in [1.807, 2.05) is 33.6 Å². The van der Waals surface area contributed by atoms with Crippen LogP contribution in [-0.4, -0.2) is 36.1 Å². The second-order valence-corrected chi connectivity index (χ2v) is 7.01. The van der Waals surface area contributed by atoms with Gasteiger partial charge in [0, 0.05) is 48.0 Å². The van der Waals surface area contributed by atoms with E-state index in [9.17, 15) is 0 Å². The van der Waals surface area contributed by atoms with E-state index in [-0.39, 0.29) is 0 Å². The molecule has 1 aliphatic rings. The van der Waals surface area contributed by atoms with Crippen LogP contribution < -0.4 is 11.1 Å². The highest BCUT2D eigenvalue weighted by atomic mass is 15.3. The molecule has 1 fully saturated rings. The lowest BCUT2D eigenvalue weighted by Crippen LogP contribution is -2.33. The largest absolute Gasteiger partial charge is 0.350 e. The van der Waals surface area contributed by atoms with Crippen molar-refractivity contribution < 1.29 is 0 Å². The van der Waals surface area contributed by atoms with Crippen molar-refractivity contribution in [3.63, 3.8) is 0 Å². The van der Waals surface area contributed by atoms with Crippen molar-refractivity contribution in [2.45, 2.75) is 37.8 Å². The van der Waals surface area contributed by atoms with Crippen LogP contribution in [-0.2, 0) is 0 Å². The van der Waals surface area contributed by atoms with Crippen molar-refractivity contribution >= 4 is 17.1 Å². The van der Waals surface area contributed by atoms with Crippen LogP contribution in [0, 0.1) is 0 Å². The number of fused-ring (bicyclic) bond motifs is 2. The van der Waals surface area contributed by atoms with Gasteiger partial charge in [-0.1, -0.05) is 0 Å². The molecular weight excluding hydrogens is 326 g/mol. The van der Waals surface area contributed by atoms with Gasteiger partial charge in [-0.15, -0.1) is 5.10 Å². The fourth-order valence-electron chi connectivity index (χ4n) is 3.74. The third kappa shape index (κ3) is 2.70. The molecule has 7 nitrogen and oxygen atoms in total. The fourth-order valence-corrected chi connectivity index (χ4v) is 3.74. The number of anilines is 1. The van der Waals surface area contributed by atoms with E-state index in [1.54, 1.807) is 6.20 Å². The van der Waals surface area contributed by atoms with E-state index in [2.05, 4.69) is 38.7 Å². The summed E-state index contributed by atoms with van der Waals surface area (Å²) in [7, 11) is 0. The van der Waals surface area contributed by atoms with Crippen LogP contribution in [0.4, 0.5) is 5.95 Å². The van der Waals surface area contributed by atoms with Gasteiger partial charge in [0.05, 0.1) is 11.7 Å². The molecule has 5 rings (SSSR count). The molecule has 0 radical (unpaired) electrons. The van der Waals surface area contributed by atoms with Gasteiger partial charge >= 0.3 is 0 Å². The summed E-state index contributed by atoms with van der Waals surface area (Å²) in [6, 6.07) is 6.92. The van der Waals surface area contributed by atoms with E-state index in [1.165, 1.54) is 0 Å². The molecule has 0 bridgehead atoms. The lowest BCUT2D eigenvalue weighted by molar-refractivity contribution is 0.409. The summed E-state index contributed by atoms with van der Waals surface area (Å²) in [6.45, 7) is 0. The van der Waals surface area contributed by atoms with Crippen LogP contribution in [0.15, 0.2) is 49.2 Å². The maximum atomic E-state index is 5.98. The molecule has 0 spiro atoms. The van der Waals surface area contributed by atoms with Gasteiger partial charge in [0.2, 0.25) is 5.95 Å². The molecule has 0 unspecified atom stereocenters. The van der Waals surface area contributed by atoms with E-state index < -0.39 is 0 Å². The van der Waals surface area contributed by atoms with Crippen molar-refractivity contribution in [1.29, 1.82) is 0 Å². The second kappa shape index (κ2) is 6.10. The molecule has 4 aromatic rings. The van der Waals surface area contributed by atoms with E-state index in [4.69, 9.17) is 5.73 Å². The summed E-state index contributed by atoms with van der Waals surface area (Å²) in [6.07, 6.45) is 14.0. The standard InChI is InChI=1S/C19H21N7/c20-14-2-4-15(5-3-14)23-19-22-11-17-16(7-9-26(17)24-19)13-1-6-18-21-8-10-25(18)12-13/h1,6-12,14-15H,2-5,20H2,(H,23,24). The first-order valence-corrected chi connectivity index (χ1v) is 9.06. The number of imidazole rings is 1. The predicted octanol–water partition coefficient (Wildman–Crippen LogP) is 2.73. The molecule has 7 heteroatoms. The lowest BCUT2D eigenvalue weighted by atomic mass is 9.92. The molecule has 132 valence electrons. The number of hydrogen-bond acceptors (Lipinski definition) is 5. The molecule has 1 saturated carbocycles. The van der Waals surface area contributed by atoms with Gasteiger partial charge < -0.3 is 15.5 Å². The predicted molar refractivity (Wildman–Crippen MR) is 101 cm³/mol. The highest BCUT2D eigenvalue weighted by Gasteiger charge is 2.19. The zero-order chi connectivity index (χ0) is 17.5. The smallest absolute Gasteiger partial charge is 0.241 e. The monoisotopic (exact) mass is 347 g/mol. The van der Waals surface area contributed by atoms with Crippen molar-refractivity contribution in [2.75, 3.05) is 5.32 Å². The first kappa shape index (κ1) is 15.3. The Balaban J connectivity index is 1.44. The third-order valence-corrected chi connectivity index (χ3v) is 5.22. The highest BCUT2D eigenvalue weighted by molar-refractivity contribution is 5.80. The van der Waals surface area contributed by atoms with Gasteiger partial charge in [-0.05, 0) is 43.9 Å². The van der Waals surface area contributed by atoms with Gasteiger partial charge in [0.15, 0.2) is 0 Å². The van der Waals surface area contributed by atoms with Crippen LogP contribution in [0.2, 0.25) is 0 Å². The number of nitrogens with two attached hydrogens (primary N) is 1. The Morgan fingerprint density at radius 3 is 2.81 bits per heavy atom. The van der Waals surface area contributed by atoms with Crippen LogP contribution in [0.5, 0.6) is 0 Å². The molecule has 0 saturated heterocycles. The van der Waals surface area contributed by atoms with Crippen molar-refractivity contribution in [3.05, 3.63) is 49.2 Å². The Labute approximate surface area is 150 Å². The molecule has 0 aliphatic heterocycles. The van der Waals surface area contributed by atoms with Gasteiger partial charge in [-0.25, -0.2) is 14.5 Å². The zero-order valence-electron chi connectivity index (χ0n) is 14.4. The first-order chi connectivity index (χ1) is 12.8. The SMILES string of the molecule is NC1CCC(Nc2ncc3c(-c4ccc5nccn5c4)ccn3n2)CC1. The van der Waals surface area contributed by atoms with Crippen molar-refractivity contribution in [3.8, 4) is 11.1 Å². The number of hydrogen-bond donors (Lipinski definition) is 2. The summed E-state index contributed by atoms with van der Waals surface area (Å²) in [5, 5.41) is 8.08. The number of aromatic nitrogens is 5. The average Bonchev–Trinajstić information content (AvgIpc) is 3.29. The van der Waals surface area contributed by atoms with Crippen LogP contribution in [0.25, 0.3) is 22.3 Å². The van der Waals surface area contributed by atoms with Gasteiger partial charge in [-0.3, -0.25) is 0 Å². The number of pyridine rings is 1. The maximum Gasteiger partial charge on any atom is 0.241 e. The molecule has 0 atom stereocenters. The minimum atomic E-state index is 0.344. The number of nitrogens with one attached hydrogen (secondary N) is 1. The Bertz CT molecular complexity index is 1060. The molecule has 4 heterocycles. The van der Waals surface area contributed by atoms with Gasteiger partial charge in [0.1, 0.15) is 5.65 Å². The lowest BCUT2D eigenvalue weighted by Gasteiger charge is -2.26. The number of nitrogens with zero attached hydrogens (tertiary/aromatic N) is 5. The molecule has 0 aromatic carbocycles. The summed E-state index contributed by atoms with van der Waals surface area (Å²) in [5.41, 5.74) is 10.1. The Kier molecular flexibility index (Phi) is 3.60. The molecule has 0 amide bonds. The van der Waals surface area contributed by atoms with Crippen LogP contribution >= 0.6 is 0 Å². The zero-order valence-corrected chi connectivity index (χ0v) is 14.4. The van der Waals surface area contributed by atoms with Crippen LogP contribution in [0.1, 0.15) is 25.7 Å². The third-order valence-electron chi connectivity index (χ3n) is 5.22. The number of rotatable bonds is 3. The maximum absolute atomic E-state index is 5.98. The normalized spacial score (nSPS) is 20.7. The van der Waals surface area contributed by atoms with Crippen molar-refractivity contribution in [1.82, 2.24) is 24.0 Å². The van der Waals surface area contributed by atoms with Crippen LogP contribution in [0.3, 0.4) is 0 Å². The van der Waals surface area contributed by atoms with E-state index in [0.717, 1.165) is 48.0 Å². The Morgan fingerprint density at radius 2 is 1.92 bits per heavy atom. The topological polar surface area (TPSA) is 85.5 Å². The first-order valence-electron chi connectivity index (χ1n) is 9.06. The summed E-state index contributed by atoms with van der Waals surface area (Å²) >= 11 is 0. The van der Waals surface area contributed by atoms with E-state index in [0.29, 0.717) is 18.0 Å². The average molecular weight is 347 g/mol. The van der Waals surface area contributed by atoms with Gasteiger partial charge in [-0.2, -0.15) is 0 Å². The molecule has 3 N–H and O–H groups in total. The highest BCUT2D eigenvalue weighted by Crippen LogP contribution is 2.26. The summed E-state index contributed by atoms with van der Waals surface area (Å²) in [4.78, 5) is 8.83. The Hall–Kier alpha value is -2.93. The summed E-state index contributed by atoms with van der Waals surface area (Å²) in [5.74, 6) is 0.671.